The fraction of sp³-hybridized carbons (Fsp3) is 0.824. The Balaban J connectivity index is 1.43. The van der Waals surface area contributed by atoms with Crippen molar-refractivity contribution < 1.29 is 14.1 Å². The van der Waals surface area contributed by atoms with Crippen LogP contribution in [-0.2, 0) is 9.53 Å². The Labute approximate surface area is 136 Å². The molecular weight excluding hydrogens is 294 g/mol. The second-order valence-electron chi connectivity index (χ2n) is 7.14. The van der Waals surface area contributed by atoms with Crippen molar-refractivity contribution in [3.8, 4) is 0 Å². The van der Waals surface area contributed by atoms with Gasteiger partial charge in [0.15, 0.2) is 5.82 Å². The maximum Gasteiger partial charge on any atom is 0.232 e. The number of aromatic nitrogens is 2. The van der Waals surface area contributed by atoms with Crippen molar-refractivity contribution in [3.63, 3.8) is 0 Å². The average molecular weight is 319 g/mol. The van der Waals surface area contributed by atoms with E-state index in [1.54, 1.807) is 0 Å². The van der Waals surface area contributed by atoms with Gasteiger partial charge in [-0.05, 0) is 19.3 Å². The van der Waals surface area contributed by atoms with E-state index in [1.165, 1.54) is 25.7 Å². The summed E-state index contributed by atoms with van der Waals surface area (Å²) in [6.45, 7) is 2.19. The van der Waals surface area contributed by atoms with Gasteiger partial charge in [0.2, 0.25) is 11.8 Å². The maximum atomic E-state index is 12.4. The zero-order chi connectivity index (χ0) is 15.6. The molecule has 126 valence electrons. The molecule has 0 spiro atoms. The lowest BCUT2D eigenvalue weighted by Crippen LogP contribution is -2.36. The maximum absolute atomic E-state index is 12.4. The van der Waals surface area contributed by atoms with Gasteiger partial charge in [-0.1, -0.05) is 30.8 Å². The second-order valence-corrected chi connectivity index (χ2v) is 7.14. The Morgan fingerprint density at radius 1 is 1.04 bits per heavy atom. The number of amides is 1. The quantitative estimate of drug-likeness (QED) is 0.801. The summed E-state index contributed by atoms with van der Waals surface area (Å²) in [7, 11) is 0. The summed E-state index contributed by atoms with van der Waals surface area (Å²) < 4.78 is 10.9. The van der Waals surface area contributed by atoms with Gasteiger partial charge in [-0.25, -0.2) is 0 Å². The van der Waals surface area contributed by atoms with E-state index in [2.05, 4.69) is 15.0 Å². The number of nitrogens with zero attached hydrogens (tertiary/aromatic N) is 3. The molecule has 2 aliphatic heterocycles. The number of hydrogen-bond acceptors (Lipinski definition) is 5. The number of rotatable bonds is 3. The number of hydrogen-bond donors (Lipinski definition) is 0. The summed E-state index contributed by atoms with van der Waals surface area (Å²) >= 11 is 0. The Bertz CT molecular complexity index is 545. The van der Waals surface area contributed by atoms with Gasteiger partial charge in [0.25, 0.3) is 0 Å². The highest BCUT2D eigenvalue weighted by atomic mass is 16.5. The molecule has 0 unspecified atom stereocenters. The zero-order valence-electron chi connectivity index (χ0n) is 13.6. The number of carbonyl (C=O) groups is 1. The first-order valence-electron chi connectivity index (χ1n) is 9.02. The van der Waals surface area contributed by atoms with E-state index in [9.17, 15) is 4.79 Å². The summed E-state index contributed by atoms with van der Waals surface area (Å²) in [5.74, 6) is 1.96. The minimum Gasteiger partial charge on any atom is -0.381 e. The Morgan fingerprint density at radius 3 is 2.61 bits per heavy atom. The van der Waals surface area contributed by atoms with E-state index in [1.807, 2.05) is 0 Å². The number of ether oxygens (including phenoxy) is 1. The molecule has 6 nitrogen and oxygen atoms in total. The van der Waals surface area contributed by atoms with Gasteiger partial charge < -0.3 is 14.2 Å². The first-order valence-corrected chi connectivity index (χ1v) is 9.02. The van der Waals surface area contributed by atoms with Crippen LogP contribution in [-0.4, -0.2) is 46.7 Å². The third-order valence-corrected chi connectivity index (χ3v) is 5.53. The van der Waals surface area contributed by atoms with Crippen molar-refractivity contribution in [2.45, 2.75) is 69.2 Å². The van der Waals surface area contributed by atoms with Crippen LogP contribution in [0.1, 0.15) is 74.9 Å². The highest BCUT2D eigenvalue weighted by molar-refractivity contribution is 5.79. The summed E-state index contributed by atoms with van der Waals surface area (Å²) in [6.07, 6.45) is 8.85. The van der Waals surface area contributed by atoms with Crippen LogP contribution in [0.4, 0.5) is 0 Å². The fourth-order valence-electron chi connectivity index (χ4n) is 4.14. The molecule has 3 fully saturated rings. The van der Waals surface area contributed by atoms with E-state index in [0.717, 1.165) is 38.2 Å². The van der Waals surface area contributed by atoms with Crippen LogP contribution < -0.4 is 0 Å². The molecule has 1 aromatic rings. The number of carbonyl (C=O) groups excluding carboxylic acids is 1. The molecule has 23 heavy (non-hydrogen) atoms. The van der Waals surface area contributed by atoms with Crippen molar-refractivity contribution in [2.75, 3.05) is 19.8 Å². The monoisotopic (exact) mass is 319 g/mol. The summed E-state index contributed by atoms with van der Waals surface area (Å²) in [5.41, 5.74) is 0. The topological polar surface area (TPSA) is 68.5 Å². The fourth-order valence-corrected chi connectivity index (χ4v) is 4.14. The van der Waals surface area contributed by atoms with E-state index in [4.69, 9.17) is 9.26 Å². The minimum atomic E-state index is 0.0642. The molecule has 6 heteroatoms. The molecule has 2 atom stereocenters. The van der Waals surface area contributed by atoms with Gasteiger partial charge in [-0.2, -0.15) is 4.98 Å². The van der Waals surface area contributed by atoms with Crippen LogP contribution in [0.3, 0.4) is 0 Å². The van der Waals surface area contributed by atoms with E-state index >= 15 is 0 Å². The van der Waals surface area contributed by atoms with Crippen LogP contribution in [0.15, 0.2) is 4.52 Å². The van der Waals surface area contributed by atoms with Crippen LogP contribution in [0.2, 0.25) is 0 Å². The van der Waals surface area contributed by atoms with Crippen LogP contribution >= 0.6 is 0 Å². The third-order valence-electron chi connectivity index (χ3n) is 5.53. The molecule has 0 bridgehead atoms. The zero-order valence-corrected chi connectivity index (χ0v) is 13.6. The Morgan fingerprint density at radius 2 is 1.87 bits per heavy atom. The lowest BCUT2D eigenvalue weighted by atomic mass is 10.1. The molecule has 3 aliphatic rings. The summed E-state index contributed by atoms with van der Waals surface area (Å²) in [5, 5.41) is 4.12. The van der Waals surface area contributed by atoms with Crippen molar-refractivity contribution in [3.05, 3.63) is 11.7 Å². The lowest BCUT2D eigenvalue weighted by molar-refractivity contribution is -0.129. The predicted molar refractivity (Wildman–Crippen MR) is 83.0 cm³/mol. The van der Waals surface area contributed by atoms with Gasteiger partial charge in [-0.15, -0.1) is 0 Å². The molecule has 0 N–H and O–H groups in total. The molecule has 1 saturated carbocycles. The smallest absolute Gasteiger partial charge is 0.232 e. The van der Waals surface area contributed by atoms with Gasteiger partial charge >= 0.3 is 0 Å². The highest BCUT2D eigenvalue weighted by Crippen LogP contribution is 2.33. The van der Waals surface area contributed by atoms with Gasteiger partial charge in [0, 0.05) is 31.5 Å². The molecule has 1 aromatic heterocycles. The normalized spacial score (nSPS) is 30.1. The van der Waals surface area contributed by atoms with E-state index < -0.39 is 0 Å². The predicted octanol–water partition coefficient (Wildman–Crippen LogP) is 2.61. The summed E-state index contributed by atoms with van der Waals surface area (Å²) in [4.78, 5) is 19.1. The molecule has 2 saturated heterocycles. The van der Waals surface area contributed by atoms with Crippen LogP contribution in [0, 0.1) is 0 Å². The molecular formula is C17H25N3O3. The first-order chi connectivity index (χ1) is 11.3. The van der Waals surface area contributed by atoms with Crippen LogP contribution in [0.25, 0.3) is 0 Å². The molecule has 1 aliphatic carbocycles. The van der Waals surface area contributed by atoms with Gasteiger partial charge in [-0.3, -0.25) is 4.79 Å². The Hall–Kier alpha value is -1.43. The summed E-state index contributed by atoms with van der Waals surface area (Å²) in [6, 6.07) is 0.417. The third kappa shape index (κ3) is 3.13. The first kappa shape index (κ1) is 15.1. The van der Waals surface area contributed by atoms with Crippen molar-refractivity contribution in [1.29, 1.82) is 0 Å². The molecule has 0 radical (unpaired) electrons. The van der Waals surface area contributed by atoms with Gasteiger partial charge in [0.05, 0.1) is 12.5 Å². The van der Waals surface area contributed by atoms with E-state index in [0.29, 0.717) is 25.0 Å². The second kappa shape index (κ2) is 6.59. The molecule has 1 amide bonds. The highest BCUT2D eigenvalue weighted by Gasteiger charge is 2.38. The standard InChI is InChI=1S/C17H25N3O3/c21-15-9-13(10-20(15)14-5-3-1-2-4-6-14)17-18-16(19-23-17)12-7-8-22-11-12/h12-14H,1-11H2/t12-,13+/m0/s1. The average Bonchev–Trinajstić information content (AvgIpc) is 3.25. The van der Waals surface area contributed by atoms with Crippen molar-refractivity contribution in [2.24, 2.45) is 0 Å². The minimum absolute atomic E-state index is 0.0642. The number of likely N-dealkylation sites (tertiary alicyclic amines) is 1. The molecule has 4 rings (SSSR count). The van der Waals surface area contributed by atoms with E-state index in [-0.39, 0.29) is 17.7 Å². The lowest BCUT2D eigenvalue weighted by Gasteiger charge is -2.26. The van der Waals surface area contributed by atoms with Crippen LogP contribution in [0.5, 0.6) is 0 Å². The van der Waals surface area contributed by atoms with Crippen molar-refractivity contribution >= 4 is 5.91 Å². The van der Waals surface area contributed by atoms with Gasteiger partial charge in [0.1, 0.15) is 0 Å². The Kier molecular flexibility index (Phi) is 4.33. The molecule has 3 heterocycles. The van der Waals surface area contributed by atoms with Crippen molar-refractivity contribution in [1.82, 2.24) is 15.0 Å². The molecule has 0 aromatic carbocycles. The SMILES string of the molecule is O=C1C[C@@H](c2nc([C@H]3CCOC3)no2)CN1C1CCCCCC1. The largest absolute Gasteiger partial charge is 0.381 e.